The van der Waals surface area contributed by atoms with Gasteiger partial charge < -0.3 is 5.73 Å². The second-order valence-corrected chi connectivity index (χ2v) is 4.56. The zero-order chi connectivity index (χ0) is 13.3. The average Bonchev–Trinajstić information content (AvgIpc) is 2.77. The summed E-state index contributed by atoms with van der Waals surface area (Å²) >= 11 is 3.28. The quantitative estimate of drug-likeness (QED) is 0.924. The van der Waals surface area contributed by atoms with Gasteiger partial charge in [-0.3, -0.25) is 0 Å². The number of rotatable bonds is 2. The first-order valence-corrected chi connectivity index (χ1v) is 5.82. The van der Waals surface area contributed by atoms with Crippen LogP contribution in [0.4, 0.5) is 13.2 Å². The molecule has 1 heterocycles. The smallest absolute Gasteiger partial charge is 0.326 e. The zero-order valence-electron chi connectivity index (χ0n) is 9.08. The van der Waals surface area contributed by atoms with E-state index in [1.165, 1.54) is 4.68 Å². The molecule has 0 amide bonds. The highest BCUT2D eigenvalue weighted by molar-refractivity contribution is 9.10. The first kappa shape index (κ1) is 13.1. The van der Waals surface area contributed by atoms with Gasteiger partial charge >= 0.3 is 6.18 Å². The second kappa shape index (κ2) is 4.74. The molecule has 2 rings (SSSR count). The van der Waals surface area contributed by atoms with Crippen molar-refractivity contribution in [3.05, 3.63) is 46.2 Å². The molecule has 7 heteroatoms. The van der Waals surface area contributed by atoms with Gasteiger partial charge in [0.1, 0.15) is 0 Å². The molecule has 0 saturated carbocycles. The van der Waals surface area contributed by atoms with Crippen molar-refractivity contribution in [3.8, 4) is 5.69 Å². The van der Waals surface area contributed by atoms with Crippen LogP contribution < -0.4 is 5.73 Å². The lowest BCUT2D eigenvalue weighted by molar-refractivity contribution is -0.137. The Kier molecular flexibility index (Phi) is 3.45. The van der Waals surface area contributed by atoms with Gasteiger partial charge in [-0.2, -0.15) is 18.3 Å². The molecule has 18 heavy (non-hydrogen) atoms. The first-order chi connectivity index (χ1) is 8.41. The normalized spacial score (nSPS) is 11.8. The Hall–Kier alpha value is -1.34. The van der Waals surface area contributed by atoms with Crippen LogP contribution >= 0.6 is 15.9 Å². The Morgan fingerprint density at radius 3 is 2.61 bits per heavy atom. The number of hydrogen-bond donors (Lipinski definition) is 1. The SMILES string of the molecule is NCc1cc(Br)ccc1-n1cc(C(F)(F)F)cn1. The number of benzene rings is 1. The Morgan fingerprint density at radius 1 is 1.33 bits per heavy atom. The van der Waals surface area contributed by atoms with Crippen LogP contribution in [0, 0.1) is 0 Å². The highest BCUT2D eigenvalue weighted by Crippen LogP contribution is 2.29. The van der Waals surface area contributed by atoms with Gasteiger partial charge in [-0.25, -0.2) is 4.68 Å². The molecule has 0 fully saturated rings. The van der Waals surface area contributed by atoms with Crippen molar-refractivity contribution in [2.75, 3.05) is 0 Å². The largest absolute Gasteiger partial charge is 0.419 e. The Morgan fingerprint density at radius 2 is 2.06 bits per heavy atom. The van der Waals surface area contributed by atoms with Crippen molar-refractivity contribution in [2.45, 2.75) is 12.7 Å². The Balaban J connectivity index is 2.46. The topological polar surface area (TPSA) is 43.8 Å². The summed E-state index contributed by atoms with van der Waals surface area (Å²) in [4.78, 5) is 0. The van der Waals surface area contributed by atoms with Crippen molar-refractivity contribution in [1.29, 1.82) is 0 Å². The molecule has 96 valence electrons. The zero-order valence-corrected chi connectivity index (χ0v) is 10.7. The van der Waals surface area contributed by atoms with Gasteiger partial charge in [-0.15, -0.1) is 0 Å². The van der Waals surface area contributed by atoms with E-state index in [1.54, 1.807) is 18.2 Å². The van der Waals surface area contributed by atoms with Gasteiger partial charge in [0.15, 0.2) is 0 Å². The van der Waals surface area contributed by atoms with E-state index in [1.807, 2.05) is 0 Å². The maximum absolute atomic E-state index is 12.5. The van der Waals surface area contributed by atoms with Gasteiger partial charge in [-0.1, -0.05) is 15.9 Å². The van der Waals surface area contributed by atoms with E-state index < -0.39 is 11.7 Å². The van der Waals surface area contributed by atoms with Crippen LogP contribution in [0.2, 0.25) is 0 Å². The first-order valence-electron chi connectivity index (χ1n) is 5.02. The van der Waals surface area contributed by atoms with Gasteiger partial charge in [0.25, 0.3) is 0 Å². The predicted molar refractivity (Wildman–Crippen MR) is 64.2 cm³/mol. The van der Waals surface area contributed by atoms with Crippen LogP contribution in [0.15, 0.2) is 35.1 Å². The van der Waals surface area contributed by atoms with Crippen LogP contribution in [0.25, 0.3) is 5.69 Å². The van der Waals surface area contributed by atoms with E-state index >= 15 is 0 Å². The van der Waals surface area contributed by atoms with E-state index in [-0.39, 0.29) is 6.54 Å². The molecular formula is C11H9BrF3N3. The highest BCUT2D eigenvalue weighted by Gasteiger charge is 2.32. The number of nitrogens with two attached hydrogens (primary N) is 1. The fourth-order valence-electron chi connectivity index (χ4n) is 1.54. The summed E-state index contributed by atoms with van der Waals surface area (Å²) in [7, 11) is 0. The molecule has 0 aliphatic heterocycles. The summed E-state index contributed by atoms with van der Waals surface area (Å²) in [6.45, 7) is 0.218. The van der Waals surface area contributed by atoms with E-state index in [9.17, 15) is 13.2 Å². The van der Waals surface area contributed by atoms with E-state index in [0.29, 0.717) is 11.3 Å². The summed E-state index contributed by atoms with van der Waals surface area (Å²) in [6.07, 6.45) is -2.65. The Labute approximate surface area is 110 Å². The maximum Gasteiger partial charge on any atom is 0.419 e. The van der Waals surface area contributed by atoms with Gasteiger partial charge in [-0.05, 0) is 23.8 Å². The lowest BCUT2D eigenvalue weighted by Gasteiger charge is -2.08. The van der Waals surface area contributed by atoms with Crippen molar-refractivity contribution < 1.29 is 13.2 Å². The van der Waals surface area contributed by atoms with Crippen LogP contribution in [-0.2, 0) is 12.7 Å². The van der Waals surface area contributed by atoms with Crippen LogP contribution in [0.1, 0.15) is 11.1 Å². The molecule has 3 nitrogen and oxygen atoms in total. The number of halogens is 4. The molecular weight excluding hydrogens is 311 g/mol. The van der Waals surface area contributed by atoms with Crippen molar-refractivity contribution in [3.63, 3.8) is 0 Å². The minimum absolute atomic E-state index is 0.218. The minimum atomic E-state index is -4.39. The number of nitrogens with zero attached hydrogens (tertiary/aromatic N) is 2. The molecule has 0 aliphatic carbocycles. The highest BCUT2D eigenvalue weighted by atomic mass is 79.9. The monoisotopic (exact) mass is 319 g/mol. The lowest BCUT2D eigenvalue weighted by Crippen LogP contribution is -2.06. The Bertz CT molecular complexity index is 563. The van der Waals surface area contributed by atoms with Crippen LogP contribution in [0.3, 0.4) is 0 Å². The standard InChI is InChI=1S/C11H9BrF3N3/c12-9-1-2-10(7(3-9)4-16)18-6-8(5-17-18)11(13,14)15/h1-3,5-6H,4,16H2. The average molecular weight is 320 g/mol. The second-order valence-electron chi connectivity index (χ2n) is 3.65. The van der Waals surface area contributed by atoms with Gasteiger partial charge in [0.2, 0.25) is 0 Å². The molecule has 2 N–H and O–H groups in total. The number of alkyl halides is 3. The molecule has 0 unspecified atom stereocenters. The van der Waals surface area contributed by atoms with Crippen LogP contribution in [0.5, 0.6) is 0 Å². The third-order valence-corrected chi connectivity index (χ3v) is 2.91. The molecule has 0 atom stereocenters. The summed E-state index contributed by atoms with van der Waals surface area (Å²) in [5, 5.41) is 3.72. The fraction of sp³-hybridized carbons (Fsp3) is 0.182. The summed E-state index contributed by atoms with van der Waals surface area (Å²) < 4.78 is 39.4. The lowest BCUT2D eigenvalue weighted by atomic mass is 10.2. The number of aromatic nitrogens is 2. The maximum atomic E-state index is 12.5. The molecule has 2 aromatic rings. The third kappa shape index (κ3) is 2.56. The summed E-state index contributed by atoms with van der Waals surface area (Å²) in [5.41, 5.74) is 6.03. The molecule has 0 saturated heterocycles. The molecule has 0 aliphatic rings. The number of hydrogen-bond acceptors (Lipinski definition) is 2. The molecule has 0 bridgehead atoms. The third-order valence-electron chi connectivity index (χ3n) is 2.42. The van der Waals surface area contributed by atoms with E-state index in [2.05, 4.69) is 21.0 Å². The fourth-order valence-corrected chi connectivity index (χ4v) is 1.95. The van der Waals surface area contributed by atoms with E-state index in [0.717, 1.165) is 16.9 Å². The van der Waals surface area contributed by atoms with Crippen molar-refractivity contribution in [2.24, 2.45) is 5.73 Å². The molecule has 1 aromatic heterocycles. The van der Waals surface area contributed by atoms with Gasteiger partial charge in [0.05, 0.1) is 17.4 Å². The summed E-state index contributed by atoms with van der Waals surface area (Å²) in [5.74, 6) is 0. The van der Waals surface area contributed by atoms with Crippen molar-refractivity contribution in [1.82, 2.24) is 9.78 Å². The van der Waals surface area contributed by atoms with Crippen molar-refractivity contribution >= 4 is 15.9 Å². The molecule has 0 spiro atoms. The van der Waals surface area contributed by atoms with E-state index in [4.69, 9.17) is 5.73 Å². The van der Waals surface area contributed by atoms with Gasteiger partial charge in [0, 0.05) is 17.2 Å². The summed E-state index contributed by atoms with van der Waals surface area (Å²) in [6, 6.07) is 5.15. The predicted octanol–water partition coefficient (Wildman–Crippen LogP) is 3.11. The molecule has 1 aromatic carbocycles. The minimum Gasteiger partial charge on any atom is -0.326 e. The molecule has 0 radical (unpaired) electrons. The van der Waals surface area contributed by atoms with Crippen LogP contribution in [-0.4, -0.2) is 9.78 Å².